The third-order valence-electron chi connectivity index (χ3n) is 2.36. The second-order valence-corrected chi connectivity index (χ2v) is 3.87. The number of hydrogen-bond acceptors (Lipinski definition) is 5. The standard InChI is InChI=1S/C12H16N4O/c1-9-3-5-10(6-4-9)7-14-12-16-15-11(17-12)8-13-2/h3-6,13H,7-8H2,1-2H3,(H,14,16). The quantitative estimate of drug-likeness (QED) is 0.821. The van der Waals surface area contributed by atoms with E-state index in [1.807, 2.05) is 7.05 Å². The van der Waals surface area contributed by atoms with Gasteiger partial charge in [0.2, 0.25) is 5.89 Å². The maximum atomic E-state index is 5.37. The molecule has 0 unspecified atom stereocenters. The van der Waals surface area contributed by atoms with Crippen molar-refractivity contribution < 1.29 is 4.42 Å². The van der Waals surface area contributed by atoms with Crippen LogP contribution in [0.5, 0.6) is 0 Å². The van der Waals surface area contributed by atoms with Gasteiger partial charge >= 0.3 is 6.01 Å². The number of aromatic nitrogens is 2. The summed E-state index contributed by atoms with van der Waals surface area (Å²) in [5.74, 6) is 0.582. The Labute approximate surface area is 100 Å². The Balaban J connectivity index is 1.90. The Bertz CT molecular complexity index is 464. The fourth-order valence-electron chi connectivity index (χ4n) is 1.43. The third kappa shape index (κ3) is 3.29. The summed E-state index contributed by atoms with van der Waals surface area (Å²) in [7, 11) is 1.84. The van der Waals surface area contributed by atoms with Gasteiger partial charge in [0.15, 0.2) is 0 Å². The van der Waals surface area contributed by atoms with Gasteiger partial charge in [0.1, 0.15) is 0 Å². The predicted octanol–water partition coefficient (Wildman–Crippen LogP) is 1.71. The fourth-order valence-corrected chi connectivity index (χ4v) is 1.43. The Hall–Kier alpha value is -1.88. The van der Waals surface area contributed by atoms with Crippen molar-refractivity contribution in [2.24, 2.45) is 0 Å². The summed E-state index contributed by atoms with van der Waals surface area (Å²) in [6.45, 7) is 3.33. The molecule has 0 atom stereocenters. The molecule has 1 aromatic carbocycles. The zero-order valence-corrected chi connectivity index (χ0v) is 10.0. The number of hydrogen-bond donors (Lipinski definition) is 2. The molecule has 0 saturated carbocycles. The lowest BCUT2D eigenvalue weighted by Gasteiger charge is -2.01. The number of anilines is 1. The van der Waals surface area contributed by atoms with E-state index in [0.717, 1.165) is 0 Å². The highest BCUT2D eigenvalue weighted by Crippen LogP contribution is 2.08. The Kier molecular flexibility index (Phi) is 3.72. The predicted molar refractivity (Wildman–Crippen MR) is 65.6 cm³/mol. The molecule has 0 aliphatic rings. The normalized spacial score (nSPS) is 10.5. The van der Waals surface area contributed by atoms with E-state index in [0.29, 0.717) is 25.0 Å². The molecule has 0 spiro atoms. The second-order valence-electron chi connectivity index (χ2n) is 3.87. The molecule has 2 rings (SSSR count). The van der Waals surface area contributed by atoms with Crippen LogP contribution in [0.3, 0.4) is 0 Å². The number of nitrogens with zero attached hydrogens (tertiary/aromatic N) is 2. The van der Waals surface area contributed by atoms with Crippen LogP contribution in [0.4, 0.5) is 6.01 Å². The third-order valence-corrected chi connectivity index (χ3v) is 2.36. The smallest absolute Gasteiger partial charge is 0.315 e. The Morgan fingerprint density at radius 2 is 1.88 bits per heavy atom. The first-order valence-electron chi connectivity index (χ1n) is 5.54. The van der Waals surface area contributed by atoms with Crippen molar-refractivity contribution in [3.63, 3.8) is 0 Å². The van der Waals surface area contributed by atoms with Gasteiger partial charge < -0.3 is 15.1 Å². The van der Waals surface area contributed by atoms with E-state index in [2.05, 4.69) is 52.0 Å². The Morgan fingerprint density at radius 3 is 2.59 bits per heavy atom. The molecule has 0 saturated heterocycles. The number of aryl methyl sites for hydroxylation is 1. The van der Waals surface area contributed by atoms with E-state index >= 15 is 0 Å². The van der Waals surface area contributed by atoms with Gasteiger partial charge in [-0.2, -0.15) is 0 Å². The van der Waals surface area contributed by atoms with Crippen LogP contribution in [0.1, 0.15) is 17.0 Å². The van der Waals surface area contributed by atoms with Gasteiger partial charge in [-0.3, -0.25) is 0 Å². The number of rotatable bonds is 5. The van der Waals surface area contributed by atoms with Crippen LogP contribution in [-0.4, -0.2) is 17.2 Å². The van der Waals surface area contributed by atoms with Crippen molar-refractivity contribution in [3.8, 4) is 0 Å². The maximum Gasteiger partial charge on any atom is 0.315 e. The van der Waals surface area contributed by atoms with E-state index < -0.39 is 0 Å². The van der Waals surface area contributed by atoms with Gasteiger partial charge in [0, 0.05) is 6.54 Å². The van der Waals surface area contributed by atoms with E-state index in [-0.39, 0.29) is 0 Å². The molecule has 0 aliphatic carbocycles. The molecule has 1 aromatic heterocycles. The summed E-state index contributed by atoms with van der Waals surface area (Å²) >= 11 is 0. The molecule has 90 valence electrons. The summed E-state index contributed by atoms with van der Waals surface area (Å²) < 4.78 is 5.37. The second kappa shape index (κ2) is 5.45. The largest absolute Gasteiger partial charge is 0.407 e. The van der Waals surface area contributed by atoms with Gasteiger partial charge in [-0.1, -0.05) is 34.9 Å². The molecule has 5 nitrogen and oxygen atoms in total. The van der Waals surface area contributed by atoms with Crippen molar-refractivity contribution >= 4 is 6.01 Å². The highest BCUT2D eigenvalue weighted by Gasteiger charge is 2.03. The molecule has 0 bridgehead atoms. The van der Waals surface area contributed by atoms with Crippen molar-refractivity contribution in [1.29, 1.82) is 0 Å². The average Bonchev–Trinajstić information content (AvgIpc) is 2.77. The van der Waals surface area contributed by atoms with Crippen molar-refractivity contribution in [1.82, 2.24) is 15.5 Å². The maximum absolute atomic E-state index is 5.37. The van der Waals surface area contributed by atoms with Crippen LogP contribution in [0.25, 0.3) is 0 Å². The first-order chi connectivity index (χ1) is 8.28. The molecule has 17 heavy (non-hydrogen) atoms. The number of benzene rings is 1. The van der Waals surface area contributed by atoms with Crippen LogP contribution < -0.4 is 10.6 Å². The molecule has 2 N–H and O–H groups in total. The molecule has 0 amide bonds. The van der Waals surface area contributed by atoms with Crippen LogP contribution >= 0.6 is 0 Å². The molecule has 5 heteroatoms. The minimum absolute atomic E-state index is 0.454. The van der Waals surface area contributed by atoms with E-state index in [1.54, 1.807) is 0 Å². The lowest BCUT2D eigenvalue weighted by molar-refractivity contribution is 0.489. The first kappa shape index (κ1) is 11.6. The van der Waals surface area contributed by atoms with Crippen molar-refractivity contribution in [2.75, 3.05) is 12.4 Å². The lowest BCUT2D eigenvalue weighted by atomic mass is 10.1. The van der Waals surface area contributed by atoms with Gasteiger partial charge in [-0.15, -0.1) is 5.10 Å². The lowest BCUT2D eigenvalue weighted by Crippen LogP contribution is -2.04. The van der Waals surface area contributed by atoms with Crippen molar-refractivity contribution in [3.05, 3.63) is 41.3 Å². The van der Waals surface area contributed by atoms with Crippen molar-refractivity contribution in [2.45, 2.75) is 20.0 Å². The monoisotopic (exact) mass is 232 g/mol. The van der Waals surface area contributed by atoms with Crippen LogP contribution in [0.15, 0.2) is 28.7 Å². The highest BCUT2D eigenvalue weighted by molar-refractivity contribution is 5.26. The molecule has 0 aliphatic heterocycles. The summed E-state index contributed by atoms with van der Waals surface area (Å²) in [5, 5.41) is 13.8. The van der Waals surface area contributed by atoms with Gasteiger partial charge in [-0.25, -0.2) is 0 Å². The fraction of sp³-hybridized carbons (Fsp3) is 0.333. The van der Waals surface area contributed by atoms with E-state index in [1.165, 1.54) is 11.1 Å². The molecule has 2 aromatic rings. The minimum atomic E-state index is 0.454. The topological polar surface area (TPSA) is 63.0 Å². The number of nitrogens with one attached hydrogen (secondary N) is 2. The van der Waals surface area contributed by atoms with Crippen LogP contribution in [0, 0.1) is 6.92 Å². The Morgan fingerprint density at radius 1 is 1.12 bits per heavy atom. The molecule has 1 heterocycles. The van der Waals surface area contributed by atoms with Gasteiger partial charge in [0.05, 0.1) is 6.54 Å². The molecule has 0 radical (unpaired) electrons. The zero-order chi connectivity index (χ0) is 12.1. The molecular formula is C12H16N4O. The first-order valence-corrected chi connectivity index (χ1v) is 5.54. The van der Waals surface area contributed by atoms with Crippen LogP contribution in [-0.2, 0) is 13.1 Å². The van der Waals surface area contributed by atoms with Gasteiger partial charge in [0.25, 0.3) is 0 Å². The summed E-state index contributed by atoms with van der Waals surface area (Å²) in [6.07, 6.45) is 0. The highest BCUT2D eigenvalue weighted by atomic mass is 16.4. The SMILES string of the molecule is CNCc1nnc(NCc2ccc(C)cc2)o1. The van der Waals surface area contributed by atoms with Gasteiger partial charge in [-0.05, 0) is 19.5 Å². The summed E-state index contributed by atoms with van der Waals surface area (Å²) in [4.78, 5) is 0. The average molecular weight is 232 g/mol. The van der Waals surface area contributed by atoms with E-state index in [9.17, 15) is 0 Å². The zero-order valence-electron chi connectivity index (χ0n) is 10.0. The minimum Gasteiger partial charge on any atom is -0.407 e. The molecule has 0 fully saturated rings. The summed E-state index contributed by atoms with van der Waals surface area (Å²) in [6, 6.07) is 8.77. The molecular weight excluding hydrogens is 216 g/mol. The summed E-state index contributed by atoms with van der Waals surface area (Å²) in [5.41, 5.74) is 2.44. The van der Waals surface area contributed by atoms with E-state index in [4.69, 9.17) is 4.42 Å². The van der Waals surface area contributed by atoms with Crippen LogP contribution in [0.2, 0.25) is 0 Å².